The van der Waals surface area contributed by atoms with E-state index in [1.54, 1.807) is 14.0 Å². The fourth-order valence-electron chi connectivity index (χ4n) is 0.891. The maximum atomic E-state index is 10.8. The molecule has 0 bridgehead atoms. The number of esters is 1. The van der Waals surface area contributed by atoms with Gasteiger partial charge in [0.15, 0.2) is 0 Å². The summed E-state index contributed by atoms with van der Waals surface area (Å²) >= 11 is 0. The number of ether oxygens (including phenoxy) is 2. The molecule has 0 saturated heterocycles. The highest BCUT2D eigenvalue weighted by Crippen LogP contribution is 1.95. The molecule has 0 aliphatic rings. The van der Waals surface area contributed by atoms with Crippen LogP contribution in [0.25, 0.3) is 0 Å². The van der Waals surface area contributed by atoms with E-state index in [1.165, 1.54) is 0 Å². The molecule has 13 heavy (non-hydrogen) atoms. The average molecular weight is 189 g/mol. The first-order valence-electron chi connectivity index (χ1n) is 4.43. The van der Waals surface area contributed by atoms with Crippen molar-refractivity contribution in [3.05, 3.63) is 0 Å². The van der Waals surface area contributed by atoms with Crippen molar-refractivity contribution in [2.45, 2.75) is 19.4 Å². The minimum Gasteiger partial charge on any atom is -0.463 e. The molecule has 1 unspecified atom stereocenters. The lowest BCUT2D eigenvalue weighted by Gasteiger charge is -2.19. The number of carbonyl (C=O) groups is 1. The van der Waals surface area contributed by atoms with Gasteiger partial charge in [0.1, 0.15) is 12.7 Å². The Morgan fingerprint density at radius 3 is 2.46 bits per heavy atom. The second-order valence-electron chi connectivity index (χ2n) is 3.16. The molecule has 4 heteroatoms. The van der Waals surface area contributed by atoms with Gasteiger partial charge < -0.3 is 14.4 Å². The molecule has 4 nitrogen and oxygen atoms in total. The molecule has 0 aromatic heterocycles. The van der Waals surface area contributed by atoms with Crippen LogP contribution in [0.5, 0.6) is 0 Å². The van der Waals surface area contributed by atoms with Gasteiger partial charge in [-0.15, -0.1) is 0 Å². The van der Waals surface area contributed by atoms with E-state index < -0.39 is 0 Å². The lowest BCUT2D eigenvalue weighted by atomic mass is 10.3. The second-order valence-corrected chi connectivity index (χ2v) is 3.16. The van der Waals surface area contributed by atoms with E-state index in [2.05, 4.69) is 0 Å². The zero-order valence-corrected chi connectivity index (χ0v) is 8.87. The van der Waals surface area contributed by atoms with E-state index in [0.717, 1.165) is 6.54 Å². The zero-order valence-electron chi connectivity index (χ0n) is 8.87. The zero-order chi connectivity index (χ0) is 10.3. The SMILES string of the molecule is CCC(=O)OCC(CN(C)C)OC. The van der Waals surface area contributed by atoms with Gasteiger partial charge in [-0.05, 0) is 14.1 Å². The van der Waals surface area contributed by atoms with Crippen molar-refractivity contribution >= 4 is 5.97 Å². The molecule has 0 saturated carbocycles. The van der Waals surface area contributed by atoms with Crippen LogP contribution in [0.4, 0.5) is 0 Å². The van der Waals surface area contributed by atoms with E-state index in [-0.39, 0.29) is 12.1 Å². The van der Waals surface area contributed by atoms with Gasteiger partial charge >= 0.3 is 5.97 Å². The third kappa shape index (κ3) is 6.54. The van der Waals surface area contributed by atoms with Crippen LogP contribution in [-0.4, -0.2) is 51.3 Å². The minimum absolute atomic E-state index is 0.0366. The molecule has 0 aromatic carbocycles. The smallest absolute Gasteiger partial charge is 0.305 e. The van der Waals surface area contributed by atoms with Crippen LogP contribution >= 0.6 is 0 Å². The number of likely N-dealkylation sites (N-methyl/N-ethyl adjacent to an activating group) is 1. The Labute approximate surface area is 79.8 Å². The summed E-state index contributed by atoms with van der Waals surface area (Å²) in [7, 11) is 5.52. The van der Waals surface area contributed by atoms with Gasteiger partial charge in [0.2, 0.25) is 0 Å². The molecule has 0 aliphatic carbocycles. The van der Waals surface area contributed by atoms with Crippen LogP contribution < -0.4 is 0 Å². The van der Waals surface area contributed by atoms with Crippen molar-refractivity contribution in [1.29, 1.82) is 0 Å². The molecule has 0 radical (unpaired) electrons. The fraction of sp³-hybridized carbons (Fsp3) is 0.889. The van der Waals surface area contributed by atoms with Crippen LogP contribution in [0, 0.1) is 0 Å². The van der Waals surface area contributed by atoms with Gasteiger partial charge in [0, 0.05) is 20.1 Å². The molecule has 0 spiro atoms. The topological polar surface area (TPSA) is 38.8 Å². The van der Waals surface area contributed by atoms with E-state index in [1.807, 2.05) is 19.0 Å². The van der Waals surface area contributed by atoms with E-state index in [4.69, 9.17) is 9.47 Å². The van der Waals surface area contributed by atoms with Crippen LogP contribution in [0.15, 0.2) is 0 Å². The second kappa shape index (κ2) is 6.86. The van der Waals surface area contributed by atoms with Gasteiger partial charge in [0.25, 0.3) is 0 Å². The van der Waals surface area contributed by atoms with Crippen molar-refractivity contribution in [2.75, 3.05) is 34.4 Å². The monoisotopic (exact) mass is 189 g/mol. The Morgan fingerprint density at radius 2 is 2.08 bits per heavy atom. The first-order valence-corrected chi connectivity index (χ1v) is 4.43. The third-order valence-corrected chi connectivity index (χ3v) is 1.62. The third-order valence-electron chi connectivity index (χ3n) is 1.62. The summed E-state index contributed by atoms with van der Waals surface area (Å²) in [5.74, 6) is -0.180. The van der Waals surface area contributed by atoms with Crippen molar-refractivity contribution in [3.8, 4) is 0 Å². The highest BCUT2D eigenvalue weighted by atomic mass is 16.6. The first-order chi connectivity index (χ1) is 6.10. The summed E-state index contributed by atoms with van der Waals surface area (Å²) in [6, 6.07) is 0. The summed E-state index contributed by atoms with van der Waals surface area (Å²) in [5, 5.41) is 0. The lowest BCUT2D eigenvalue weighted by Crippen LogP contribution is -2.32. The van der Waals surface area contributed by atoms with Gasteiger partial charge in [-0.1, -0.05) is 6.92 Å². The lowest BCUT2D eigenvalue weighted by molar-refractivity contribution is -0.147. The van der Waals surface area contributed by atoms with E-state index >= 15 is 0 Å². The molecule has 0 aromatic rings. The number of hydrogen-bond donors (Lipinski definition) is 0. The van der Waals surface area contributed by atoms with Crippen LogP contribution in [0.3, 0.4) is 0 Å². The summed E-state index contributed by atoms with van der Waals surface area (Å²) in [6.45, 7) is 2.87. The van der Waals surface area contributed by atoms with Crippen LogP contribution in [0.2, 0.25) is 0 Å². The maximum Gasteiger partial charge on any atom is 0.305 e. The van der Waals surface area contributed by atoms with Crippen molar-refractivity contribution < 1.29 is 14.3 Å². The largest absolute Gasteiger partial charge is 0.463 e. The molecule has 78 valence electrons. The average Bonchev–Trinajstić information content (AvgIpc) is 2.10. The number of hydrogen-bond acceptors (Lipinski definition) is 4. The number of nitrogens with zero attached hydrogens (tertiary/aromatic N) is 1. The standard InChI is InChI=1S/C9H19NO3/c1-5-9(11)13-7-8(12-4)6-10(2)3/h8H,5-7H2,1-4H3. The Balaban J connectivity index is 3.65. The van der Waals surface area contributed by atoms with E-state index in [9.17, 15) is 4.79 Å². The molecular formula is C9H19NO3. The molecule has 0 rings (SSSR count). The molecule has 0 fully saturated rings. The van der Waals surface area contributed by atoms with Gasteiger partial charge in [-0.3, -0.25) is 4.79 Å². The number of rotatable bonds is 6. The minimum atomic E-state index is -0.180. The number of carbonyl (C=O) groups excluding carboxylic acids is 1. The molecule has 0 N–H and O–H groups in total. The first kappa shape index (κ1) is 12.4. The highest BCUT2D eigenvalue weighted by Gasteiger charge is 2.10. The summed E-state index contributed by atoms with van der Waals surface area (Å²) in [6.07, 6.45) is 0.379. The quantitative estimate of drug-likeness (QED) is 0.571. The van der Waals surface area contributed by atoms with Crippen LogP contribution in [0.1, 0.15) is 13.3 Å². The fourth-order valence-corrected chi connectivity index (χ4v) is 0.891. The summed E-state index contributed by atoms with van der Waals surface area (Å²) in [4.78, 5) is 12.8. The predicted molar refractivity (Wildman–Crippen MR) is 50.6 cm³/mol. The van der Waals surface area contributed by atoms with Crippen molar-refractivity contribution in [2.24, 2.45) is 0 Å². The Bertz CT molecular complexity index is 148. The normalized spacial score (nSPS) is 13.0. The van der Waals surface area contributed by atoms with Crippen LogP contribution in [-0.2, 0) is 14.3 Å². The molecular weight excluding hydrogens is 170 g/mol. The molecule has 0 aliphatic heterocycles. The number of methoxy groups -OCH3 is 1. The highest BCUT2D eigenvalue weighted by molar-refractivity contribution is 5.68. The van der Waals surface area contributed by atoms with Gasteiger partial charge in [-0.25, -0.2) is 0 Å². The maximum absolute atomic E-state index is 10.8. The molecule has 1 atom stereocenters. The molecule has 0 amide bonds. The Kier molecular flexibility index (Phi) is 6.54. The molecule has 0 heterocycles. The Morgan fingerprint density at radius 1 is 1.46 bits per heavy atom. The van der Waals surface area contributed by atoms with Gasteiger partial charge in [-0.2, -0.15) is 0 Å². The van der Waals surface area contributed by atoms with Gasteiger partial charge in [0.05, 0.1) is 0 Å². The van der Waals surface area contributed by atoms with Crippen molar-refractivity contribution in [3.63, 3.8) is 0 Å². The van der Waals surface area contributed by atoms with E-state index in [0.29, 0.717) is 13.0 Å². The van der Waals surface area contributed by atoms with Crippen molar-refractivity contribution in [1.82, 2.24) is 4.90 Å². The summed E-state index contributed by atoms with van der Waals surface area (Å²) in [5.41, 5.74) is 0. The predicted octanol–water partition coefficient (Wildman–Crippen LogP) is 0.516. The summed E-state index contributed by atoms with van der Waals surface area (Å²) < 4.78 is 10.1. The Hall–Kier alpha value is -0.610.